The Morgan fingerprint density at radius 3 is 2.85 bits per heavy atom. The van der Waals surface area contributed by atoms with Crippen molar-refractivity contribution in [1.82, 2.24) is 14.9 Å². The van der Waals surface area contributed by atoms with Gasteiger partial charge in [0.2, 0.25) is 0 Å². The predicted molar refractivity (Wildman–Crippen MR) is 97.4 cm³/mol. The van der Waals surface area contributed by atoms with Crippen LogP contribution in [0, 0.1) is 0 Å². The van der Waals surface area contributed by atoms with Crippen LogP contribution < -0.4 is 10.9 Å². The smallest absolute Gasteiger partial charge is 0.326 e. The quantitative estimate of drug-likeness (QED) is 0.853. The van der Waals surface area contributed by atoms with E-state index in [-0.39, 0.29) is 5.56 Å². The lowest BCUT2D eigenvalue weighted by Crippen LogP contribution is -2.40. The number of aromatic nitrogens is 2. The summed E-state index contributed by atoms with van der Waals surface area (Å²) in [5.41, 5.74) is 0.719. The number of benzene rings is 1. The molecule has 138 valence electrons. The number of amides is 1. The third kappa shape index (κ3) is 3.61. The van der Waals surface area contributed by atoms with Crippen molar-refractivity contribution in [2.75, 3.05) is 0 Å². The number of hydrogen-bond acceptors (Lipinski definition) is 4. The van der Waals surface area contributed by atoms with Gasteiger partial charge in [-0.15, -0.1) is 0 Å². The summed E-state index contributed by atoms with van der Waals surface area (Å²) in [6.45, 7) is 2.54. The molecule has 0 saturated carbocycles. The fraction of sp³-hybridized carbons (Fsp3) is 0.474. The molecule has 26 heavy (non-hydrogen) atoms. The van der Waals surface area contributed by atoms with Gasteiger partial charge in [0.1, 0.15) is 11.9 Å². The molecule has 0 saturated heterocycles. The lowest BCUT2D eigenvalue weighted by atomic mass is 10.1. The number of carboxylic acid groups (broad SMARTS) is 1. The van der Waals surface area contributed by atoms with Gasteiger partial charge in [-0.3, -0.25) is 14.2 Å². The van der Waals surface area contributed by atoms with Gasteiger partial charge >= 0.3 is 5.97 Å². The van der Waals surface area contributed by atoms with Crippen molar-refractivity contribution in [3.05, 3.63) is 39.9 Å². The highest BCUT2D eigenvalue weighted by atomic mass is 16.4. The topological polar surface area (TPSA) is 101 Å². The summed E-state index contributed by atoms with van der Waals surface area (Å²) in [5.74, 6) is -0.765. The highest BCUT2D eigenvalue weighted by Gasteiger charge is 2.20. The van der Waals surface area contributed by atoms with Crippen molar-refractivity contribution in [3.8, 4) is 0 Å². The number of rotatable bonds is 5. The molecule has 0 aliphatic carbocycles. The van der Waals surface area contributed by atoms with Crippen LogP contribution in [0.1, 0.15) is 55.2 Å². The number of carbonyl (C=O) groups is 2. The number of carboxylic acids is 1. The SMILES string of the molecule is CCCC(NC(=O)c1ccc2c(=O)n3c(nc2c1)CCCCC3)C(=O)O. The maximum Gasteiger partial charge on any atom is 0.326 e. The Morgan fingerprint density at radius 2 is 2.12 bits per heavy atom. The van der Waals surface area contributed by atoms with Gasteiger partial charge in [-0.2, -0.15) is 0 Å². The van der Waals surface area contributed by atoms with Crippen LogP contribution in [0.3, 0.4) is 0 Å². The normalized spacial score (nSPS) is 15.1. The van der Waals surface area contributed by atoms with Crippen LogP contribution in [0.2, 0.25) is 0 Å². The first-order valence-corrected chi connectivity index (χ1v) is 9.08. The number of hydrogen-bond donors (Lipinski definition) is 2. The Morgan fingerprint density at radius 1 is 1.31 bits per heavy atom. The first kappa shape index (κ1) is 18.1. The molecule has 1 aliphatic rings. The molecule has 1 amide bonds. The monoisotopic (exact) mass is 357 g/mol. The molecule has 1 aliphatic heterocycles. The molecule has 0 spiro atoms. The van der Waals surface area contributed by atoms with Crippen molar-refractivity contribution >= 4 is 22.8 Å². The molecule has 7 heteroatoms. The van der Waals surface area contributed by atoms with Gasteiger partial charge in [0.15, 0.2) is 0 Å². The van der Waals surface area contributed by atoms with Crippen LogP contribution in [0.25, 0.3) is 10.9 Å². The minimum atomic E-state index is -1.05. The molecule has 0 fully saturated rings. The summed E-state index contributed by atoms with van der Waals surface area (Å²) in [5, 5.41) is 12.2. The molecule has 1 atom stereocenters. The number of fused-ring (bicyclic) bond motifs is 2. The Bertz CT molecular complexity index is 904. The third-order valence-electron chi connectivity index (χ3n) is 4.76. The predicted octanol–water partition coefficient (Wildman–Crippen LogP) is 2.11. The third-order valence-corrected chi connectivity index (χ3v) is 4.76. The summed E-state index contributed by atoms with van der Waals surface area (Å²) in [4.78, 5) is 41.0. The van der Waals surface area contributed by atoms with Gasteiger partial charge in [-0.1, -0.05) is 19.8 Å². The van der Waals surface area contributed by atoms with E-state index in [1.54, 1.807) is 22.8 Å². The van der Waals surface area contributed by atoms with Crippen molar-refractivity contribution in [2.24, 2.45) is 0 Å². The van der Waals surface area contributed by atoms with Gasteiger partial charge < -0.3 is 10.4 Å². The highest BCUT2D eigenvalue weighted by Crippen LogP contribution is 2.16. The average Bonchev–Trinajstić information content (AvgIpc) is 2.86. The molecule has 2 aromatic rings. The van der Waals surface area contributed by atoms with Crippen molar-refractivity contribution in [1.29, 1.82) is 0 Å². The zero-order valence-electron chi connectivity index (χ0n) is 14.8. The molecule has 0 bridgehead atoms. The molecule has 0 radical (unpaired) electrons. The van der Waals surface area contributed by atoms with Gasteiger partial charge in [0.05, 0.1) is 10.9 Å². The second kappa shape index (κ2) is 7.68. The van der Waals surface area contributed by atoms with E-state index >= 15 is 0 Å². The molecule has 2 heterocycles. The second-order valence-electron chi connectivity index (χ2n) is 6.68. The average molecular weight is 357 g/mol. The Balaban J connectivity index is 1.95. The standard InChI is InChI=1S/C19H23N3O4/c1-2-6-14(19(25)26)21-17(23)12-8-9-13-15(11-12)20-16-7-4-3-5-10-22(16)18(13)24/h8-9,11,14H,2-7,10H2,1H3,(H,21,23)(H,25,26). The largest absolute Gasteiger partial charge is 0.480 e. The molecule has 7 nitrogen and oxygen atoms in total. The van der Waals surface area contributed by atoms with Gasteiger partial charge in [-0.05, 0) is 37.5 Å². The van der Waals surface area contributed by atoms with E-state index in [9.17, 15) is 19.5 Å². The maximum absolute atomic E-state index is 12.7. The fourth-order valence-corrected chi connectivity index (χ4v) is 3.35. The summed E-state index contributed by atoms with van der Waals surface area (Å²) >= 11 is 0. The molecule has 3 rings (SSSR count). The first-order valence-electron chi connectivity index (χ1n) is 9.08. The van der Waals surface area contributed by atoms with E-state index in [4.69, 9.17) is 0 Å². The van der Waals surface area contributed by atoms with Crippen LogP contribution >= 0.6 is 0 Å². The second-order valence-corrected chi connectivity index (χ2v) is 6.68. The van der Waals surface area contributed by atoms with E-state index in [0.29, 0.717) is 35.9 Å². The Hall–Kier alpha value is -2.70. The number of carbonyl (C=O) groups excluding carboxylic acids is 1. The number of nitrogens with zero attached hydrogens (tertiary/aromatic N) is 2. The molecule has 1 aromatic carbocycles. The maximum atomic E-state index is 12.7. The zero-order chi connectivity index (χ0) is 18.7. The van der Waals surface area contributed by atoms with Crippen LogP contribution in [0.5, 0.6) is 0 Å². The van der Waals surface area contributed by atoms with Crippen molar-refractivity contribution in [2.45, 2.75) is 58.0 Å². The molecule has 1 aromatic heterocycles. The summed E-state index contributed by atoms with van der Waals surface area (Å²) in [7, 11) is 0. The minimum Gasteiger partial charge on any atom is -0.480 e. The van der Waals surface area contributed by atoms with Crippen LogP contribution in [0.4, 0.5) is 0 Å². The van der Waals surface area contributed by atoms with E-state index < -0.39 is 17.9 Å². The minimum absolute atomic E-state index is 0.0757. The number of nitrogens with one attached hydrogen (secondary N) is 1. The van der Waals surface area contributed by atoms with E-state index in [0.717, 1.165) is 31.5 Å². The van der Waals surface area contributed by atoms with Crippen LogP contribution in [0.15, 0.2) is 23.0 Å². The van der Waals surface area contributed by atoms with Crippen LogP contribution in [-0.4, -0.2) is 32.6 Å². The summed E-state index contributed by atoms with van der Waals surface area (Å²) in [6.07, 6.45) is 4.80. The van der Waals surface area contributed by atoms with E-state index in [1.165, 1.54) is 0 Å². The molecular weight excluding hydrogens is 334 g/mol. The molecule has 2 N–H and O–H groups in total. The lowest BCUT2D eigenvalue weighted by Gasteiger charge is -2.14. The van der Waals surface area contributed by atoms with Crippen LogP contribution in [-0.2, 0) is 17.8 Å². The van der Waals surface area contributed by atoms with E-state index in [1.807, 2.05) is 6.92 Å². The first-order chi connectivity index (χ1) is 12.5. The Labute approximate surface area is 151 Å². The van der Waals surface area contributed by atoms with Gasteiger partial charge in [-0.25, -0.2) is 9.78 Å². The zero-order valence-corrected chi connectivity index (χ0v) is 14.8. The summed E-state index contributed by atoms with van der Waals surface area (Å²) in [6, 6.07) is 3.81. The Kier molecular flexibility index (Phi) is 5.35. The fourth-order valence-electron chi connectivity index (χ4n) is 3.35. The number of aliphatic carboxylic acids is 1. The lowest BCUT2D eigenvalue weighted by molar-refractivity contribution is -0.139. The van der Waals surface area contributed by atoms with Crippen molar-refractivity contribution < 1.29 is 14.7 Å². The van der Waals surface area contributed by atoms with Crippen molar-refractivity contribution in [3.63, 3.8) is 0 Å². The number of aryl methyl sites for hydroxylation is 1. The molecule has 1 unspecified atom stereocenters. The van der Waals surface area contributed by atoms with E-state index in [2.05, 4.69) is 10.3 Å². The summed E-state index contributed by atoms with van der Waals surface area (Å²) < 4.78 is 1.73. The molecular formula is C19H23N3O4. The van der Waals surface area contributed by atoms with Gasteiger partial charge in [0, 0.05) is 18.5 Å². The van der Waals surface area contributed by atoms with Gasteiger partial charge in [0.25, 0.3) is 11.5 Å². The highest BCUT2D eigenvalue weighted by molar-refractivity contribution is 5.99.